The second-order valence-corrected chi connectivity index (χ2v) is 5.63. The molecule has 1 N–H and O–H groups in total. The Morgan fingerprint density at radius 1 is 1.47 bits per heavy atom. The van der Waals surface area contributed by atoms with Crippen molar-refractivity contribution >= 4 is 21.8 Å². The van der Waals surface area contributed by atoms with Crippen LogP contribution < -0.4 is 5.32 Å². The molecule has 1 aromatic heterocycles. The molecule has 1 atom stereocenters. The number of tetrazole rings is 1. The zero-order chi connectivity index (χ0) is 13.6. The quantitative estimate of drug-likeness (QED) is 0.869. The lowest BCUT2D eigenvalue weighted by Crippen LogP contribution is -2.43. The fourth-order valence-corrected chi connectivity index (χ4v) is 2.55. The number of halogens is 1. The van der Waals surface area contributed by atoms with Crippen molar-refractivity contribution in [3.05, 3.63) is 34.1 Å². The number of carbonyl (C=O) groups excluding carboxylic acids is 1. The first-order chi connectivity index (χ1) is 9.05. The number of hydrogen-bond donors (Lipinski definition) is 1. The van der Waals surface area contributed by atoms with E-state index in [1.807, 2.05) is 26.0 Å². The fourth-order valence-electron chi connectivity index (χ4n) is 2.19. The first kappa shape index (κ1) is 12.3. The summed E-state index contributed by atoms with van der Waals surface area (Å²) in [4.78, 5) is 12.4. The Labute approximate surface area is 118 Å². The molecule has 1 unspecified atom stereocenters. The van der Waals surface area contributed by atoms with Gasteiger partial charge in [0.1, 0.15) is 0 Å². The van der Waals surface area contributed by atoms with Crippen LogP contribution in [0, 0.1) is 0 Å². The summed E-state index contributed by atoms with van der Waals surface area (Å²) in [5.41, 5.74) is 0.671. The Balaban J connectivity index is 2.31. The molecule has 7 heteroatoms. The molecular weight excluding hydrogens is 310 g/mol. The number of nitrogens with zero attached hydrogens (tertiary/aromatic N) is 4. The predicted molar refractivity (Wildman–Crippen MR) is 72.0 cm³/mol. The highest BCUT2D eigenvalue weighted by Crippen LogP contribution is 2.30. The van der Waals surface area contributed by atoms with Gasteiger partial charge in [-0.15, -0.1) is 5.10 Å². The Bertz CT molecular complexity index is 668. The number of hydrogen-bond acceptors (Lipinski definition) is 4. The molecule has 1 aromatic carbocycles. The van der Waals surface area contributed by atoms with E-state index in [9.17, 15) is 4.79 Å². The first-order valence-corrected chi connectivity index (χ1v) is 6.76. The zero-order valence-corrected chi connectivity index (χ0v) is 12.1. The van der Waals surface area contributed by atoms with Crippen molar-refractivity contribution in [2.45, 2.75) is 25.8 Å². The van der Waals surface area contributed by atoms with E-state index in [0.717, 1.165) is 4.47 Å². The lowest BCUT2D eigenvalue weighted by atomic mass is 9.98. The summed E-state index contributed by atoms with van der Waals surface area (Å²) in [6, 6.07) is 5.48. The summed E-state index contributed by atoms with van der Waals surface area (Å²) in [5.74, 6) is 0.511. The molecule has 0 aliphatic carbocycles. The average Bonchev–Trinajstić information content (AvgIpc) is 2.85. The van der Waals surface area contributed by atoms with Gasteiger partial charge in [-0.25, -0.2) is 0 Å². The molecule has 1 amide bonds. The number of aromatic nitrogens is 4. The van der Waals surface area contributed by atoms with Gasteiger partial charge in [0.2, 0.25) is 0 Å². The molecule has 98 valence electrons. The number of amides is 1. The van der Waals surface area contributed by atoms with Crippen LogP contribution in [0.4, 0.5) is 0 Å². The van der Waals surface area contributed by atoms with Gasteiger partial charge in [-0.3, -0.25) is 4.79 Å². The standard InChI is InChI=1S/C12H12BrN5O/c1-3-12(2)11-15-16-17-18(11)9-5-4-7(13)6-8(9)10(19)14-12/h4-6H,3H2,1-2H3,(H,14,19). The van der Waals surface area contributed by atoms with E-state index in [2.05, 4.69) is 36.8 Å². The molecule has 0 saturated carbocycles. The molecule has 0 fully saturated rings. The van der Waals surface area contributed by atoms with Crippen LogP contribution in [0.3, 0.4) is 0 Å². The van der Waals surface area contributed by atoms with Gasteiger partial charge in [0.25, 0.3) is 5.91 Å². The van der Waals surface area contributed by atoms with Gasteiger partial charge in [0.15, 0.2) is 5.82 Å². The number of nitrogens with one attached hydrogen (secondary N) is 1. The zero-order valence-electron chi connectivity index (χ0n) is 10.5. The molecule has 0 spiro atoms. The van der Waals surface area contributed by atoms with Crippen LogP contribution in [0.5, 0.6) is 0 Å². The minimum Gasteiger partial charge on any atom is -0.339 e. The highest BCUT2D eigenvalue weighted by atomic mass is 79.9. The third-order valence-electron chi connectivity index (χ3n) is 3.49. The molecule has 19 heavy (non-hydrogen) atoms. The Morgan fingerprint density at radius 3 is 3.00 bits per heavy atom. The normalized spacial score (nSPS) is 21.3. The Morgan fingerprint density at radius 2 is 2.26 bits per heavy atom. The summed E-state index contributed by atoms with van der Waals surface area (Å²) in [6.45, 7) is 3.92. The topological polar surface area (TPSA) is 72.7 Å². The van der Waals surface area contributed by atoms with Crippen molar-refractivity contribution in [2.24, 2.45) is 0 Å². The maximum absolute atomic E-state index is 12.4. The van der Waals surface area contributed by atoms with Gasteiger partial charge in [0, 0.05) is 4.47 Å². The van der Waals surface area contributed by atoms with Crippen LogP contribution in [0.15, 0.2) is 22.7 Å². The predicted octanol–water partition coefficient (Wildman–Crippen LogP) is 1.79. The van der Waals surface area contributed by atoms with E-state index in [0.29, 0.717) is 23.5 Å². The fraction of sp³-hybridized carbons (Fsp3) is 0.333. The molecule has 6 nitrogen and oxygen atoms in total. The summed E-state index contributed by atoms with van der Waals surface area (Å²) < 4.78 is 2.47. The number of rotatable bonds is 1. The van der Waals surface area contributed by atoms with E-state index in [-0.39, 0.29) is 5.91 Å². The van der Waals surface area contributed by atoms with E-state index >= 15 is 0 Å². The second kappa shape index (κ2) is 4.12. The van der Waals surface area contributed by atoms with Crippen molar-refractivity contribution in [2.75, 3.05) is 0 Å². The highest BCUT2D eigenvalue weighted by Gasteiger charge is 2.37. The smallest absolute Gasteiger partial charge is 0.254 e. The molecule has 2 heterocycles. The van der Waals surface area contributed by atoms with Gasteiger partial charge in [-0.05, 0) is 42.0 Å². The molecular formula is C12H12BrN5O. The minimum atomic E-state index is -0.577. The summed E-state index contributed by atoms with van der Waals surface area (Å²) >= 11 is 3.38. The second-order valence-electron chi connectivity index (χ2n) is 4.72. The third-order valence-corrected chi connectivity index (χ3v) is 3.98. The van der Waals surface area contributed by atoms with E-state index < -0.39 is 5.54 Å². The Kier molecular flexibility index (Phi) is 2.67. The first-order valence-electron chi connectivity index (χ1n) is 5.96. The third kappa shape index (κ3) is 1.76. The average molecular weight is 322 g/mol. The lowest BCUT2D eigenvalue weighted by molar-refractivity contribution is 0.0902. The molecule has 1 aliphatic heterocycles. The Hall–Kier alpha value is -1.76. The minimum absolute atomic E-state index is 0.132. The van der Waals surface area contributed by atoms with Gasteiger partial charge in [-0.2, -0.15) is 4.68 Å². The molecule has 2 aromatic rings. The monoisotopic (exact) mass is 321 g/mol. The van der Waals surface area contributed by atoms with Gasteiger partial charge < -0.3 is 5.32 Å². The van der Waals surface area contributed by atoms with Gasteiger partial charge in [-0.1, -0.05) is 22.9 Å². The molecule has 0 radical (unpaired) electrons. The van der Waals surface area contributed by atoms with Crippen LogP contribution in [-0.4, -0.2) is 26.1 Å². The summed E-state index contributed by atoms with van der Waals surface area (Å²) in [6.07, 6.45) is 0.703. The van der Waals surface area contributed by atoms with E-state index in [1.165, 1.54) is 0 Å². The van der Waals surface area contributed by atoms with Crippen molar-refractivity contribution in [1.29, 1.82) is 0 Å². The lowest BCUT2D eigenvalue weighted by Gasteiger charge is -2.25. The molecule has 0 bridgehead atoms. The van der Waals surface area contributed by atoms with Crippen LogP contribution in [0.1, 0.15) is 36.5 Å². The van der Waals surface area contributed by atoms with Gasteiger partial charge >= 0.3 is 0 Å². The SMILES string of the molecule is CCC1(C)NC(=O)c2cc(Br)ccc2-n2nnnc21. The van der Waals surface area contributed by atoms with Crippen LogP contribution in [0.25, 0.3) is 5.69 Å². The van der Waals surface area contributed by atoms with Crippen molar-refractivity contribution in [3.63, 3.8) is 0 Å². The maximum Gasteiger partial charge on any atom is 0.254 e. The number of fused-ring (bicyclic) bond motifs is 3. The maximum atomic E-state index is 12.4. The molecule has 3 rings (SSSR count). The van der Waals surface area contributed by atoms with Crippen LogP contribution in [-0.2, 0) is 5.54 Å². The van der Waals surface area contributed by atoms with Crippen molar-refractivity contribution in [3.8, 4) is 5.69 Å². The van der Waals surface area contributed by atoms with Crippen LogP contribution >= 0.6 is 15.9 Å². The molecule has 0 saturated heterocycles. The van der Waals surface area contributed by atoms with E-state index in [4.69, 9.17) is 0 Å². The number of benzene rings is 1. The van der Waals surface area contributed by atoms with E-state index in [1.54, 1.807) is 10.7 Å². The highest BCUT2D eigenvalue weighted by molar-refractivity contribution is 9.10. The van der Waals surface area contributed by atoms with Crippen molar-refractivity contribution in [1.82, 2.24) is 25.5 Å². The summed E-state index contributed by atoms with van der Waals surface area (Å²) in [7, 11) is 0. The number of carbonyl (C=O) groups is 1. The molecule has 1 aliphatic rings. The summed E-state index contributed by atoms with van der Waals surface area (Å²) in [5, 5.41) is 14.8. The van der Waals surface area contributed by atoms with Gasteiger partial charge in [0.05, 0.1) is 16.8 Å². The largest absolute Gasteiger partial charge is 0.339 e. The van der Waals surface area contributed by atoms with Crippen molar-refractivity contribution < 1.29 is 4.79 Å². The van der Waals surface area contributed by atoms with Crippen LogP contribution in [0.2, 0.25) is 0 Å².